The normalized spacial score (nSPS) is 15.7. The van der Waals surface area contributed by atoms with Crippen molar-refractivity contribution in [2.45, 2.75) is 54.8 Å². The molecule has 0 amide bonds. The predicted octanol–water partition coefficient (Wildman–Crippen LogP) is 5.89. The van der Waals surface area contributed by atoms with Gasteiger partial charge in [0.1, 0.15) is 12.7 Å². The van der Waals surface area contributed by atoms with E-state index in [1.165, 1.54) is 4.74 Å². The van der Waals surface area contributed by atoms with Crippen LogP contribution >= 0.6 is 0 Å². The summed E-state index contributed by atoms with van der Waals surface area (Å²) in [4.78, 5) is 0. The molecule has 0 bridgehead atoms. The van der Waals surface area contributed by atoms with Crippen molar-refractivity contribution in [1.29, 1.82) is 0 Å². The zero-order valence-electron chi connectivity index (χ0n) is 17.6. The second-order valence-corrected chi connectivity index (χ2v) is 7.23. The first-order chi connectivity index (χ1) is 16.4. The molecule has 1 N–H and O–H groups in total. The topological polar surface area (TPSA) is 47.9 Å². The Hall–Kier alpha value is -1.99. The molecule has 19 heteroatoms. The van der Waals surface area contributed by atoms with Crippen LogP contribution in [0, 0.1) is 0 Å². The fourth-order valence-electron chi connectivity index (χ4n) is 2.21. The molecule has 0 aromatic heterocycles. The number of rotatable bonds is 14. The molecule has 1 aromatic carbocycles. The maximum absolute atomic E-state index is 13.6. The largest absolute Gasteiger partial charge is 0.460 e. The predicted molar refractivity (Wildman–Crippen MR) is 89.7 cm³/mol. The maximum Gasteiger partial charge on any atom is 0.460 e. The van der Waals surface area contributed by atoms with Gasteiger partial charge in [0.05, 0.1) is 19.8 Å². The summed E-state index contributed by atoms with van der Waals surface area (Å²) in [5.41, 5.74) is 0.569. The standard InChI is InChI=1S/C18H15F15O4/c19-12(20,9-36-8-11(34)7-35-6-10-4-2-1-3-5-10)13(21,22)17(30,31)37-18(32,33)15(25,26)14(23,24)16(27,28)29/h1-5,11,34H,6-9H2/t11-/m1/s1. The average Bonchev–Trinajstić information content (AvgIpc) is 2.72. The maximum atomic E-state index is 13.6. The molecule has 0 radical (unpaired) electrons. The lowest BCUT2D eigenvalue weighted by Crippen LogP contribution is -2.66. The van der Waals surface area contributed by atoms with E-state index in [4.69, 9.17) is 4.74 Å². The van der Waals surface area contributed by atoms with E-state index in [1.54, 1.807) is 30.3 Å². The Bertz CT molecular complexity index is 858. The van der Waals surface area contributed by atoms with Crippen molar-refractivity contribution in [1.82, 2.24) is 0 Å². The highest BCUT2D eigenvalue weighted by molar-refractivity contribution is 5.13. The number of aliphatic hydroxyl groups excluding tert-OH is 1. The van der Waals surface area contributed by atoms with Crippen molar-refractivity contribution in [2.24, 2.45) is 0 Å². The van der Waals surface area contributed by atoms with Gasteiger partial charge in [-0.15, -0.1) is 0 Å². The van der Waals surface area contributed by atoms with E-state index in [-0.39, 0.29) is 6.61 Å². The molecule has 0 unspecified atom stereocenters. The Kier molecular flexibility index (Phi) is 9.83. The minimum Gasteiger partial charge on any atom is -0.388 e. The number of benzene rings is 1. The van der Waals surface area contributed by atoms with E-state index in [1.807, 2.05) is 0 Å². The fraction of sp³-hybridized carbons (Fsp3) is 0.667. The lowest BCUT2D eigenvalue weighted by molar-refractivity contribution is -0.513. The van der Waals surface area contributed by atoms with Gasteiger partial charge in [0, 0.05) is 0 Å². The van der Waals surface area contributed by atoms with Crippen LogP contribution in [0.1, 0.15) is 5.56 Å². The van der Waals surface area contributed by atoms with Crippen molar-refractivity contribution >= 4 is 0 Å². The van der Waals surface area contributed by atoms with Gasteiger partial charge in [-0.25, -0.2) is 4.74 Å². The highest BCUT2D eigenvalue weighted by Crippen LogP contribution is 2.56. The summed E-state index contributed by atoms with van der Waals surface area (Å²) >= 11 is 0. The van der Waals surface area contributed by atoms with Gasteiger partial charge in [0.15, 0.2) is 0 Å². The van der Waals surface area contributed by atoms with E-state index in [9.17, 15) is 71.0 Å². The van der Waals surface area contributed by atoms with Crippen LogP contribution in [-0.4, -0.2) is 73.1 Å². The lowest BCUT2D eigenvalue weighted by Gasteiger charge is -2.37. The molecule has 0 saturated heterocycles. The minimum atomic E-state index is -7.95. The van der Waals surface area contributed by atoms with Crippen molar-refractivity contribution in [3.63, 3.8) is 0 Å². The molecule has 0 aliphatic carbocycles. The number of hydrogen-bond acceptors (Lipinski definition) is 4. The second kappa shape index (κ2) is 11.0. The SMILES string of the molecule is O[C@H](COCc1ccccc1)COCC(F)(F)C(F)(F)C(F)(F)OC(F)(F)C(F)(F)C(F)(F)C(F)(F)F. The van der Waals surface area contributed by atoms with Crippen LogP contribution in [0.4, 0.5) is 65.9 Å². The van der Waals surface area contributed by atoms with Gasteiger partial charge < -0.3 is 14.6 Å². The van der Waals surface area contributed by atoms with Crippen LogP contribution in [-0.2, 0) is 20.8 Å². The first-order valence-corrected chi connectivity index (χ1v) is 9.34. The average molecular weight is 580 g/mol. The quantitative estimate of drug-likeness (QED) is 0.279. The molecule has 1 rings (SSSR count). The van der Waals surface area contributed by atoms with Crippen LogP contribution in [0.5, 0.6) is 0 Å². The Morgan fingerprint density at radius 3 is 1.57 bits per heavy atom. The summed E-state index contributed by atoms with van der Waals surface area (Å²) in [5, 5.41) is 9.47. The third-order valence-electron chi connectivity index (χ3n) is 4.21. The van der Waals surface area contributed by atoms with E-state index in [0.29, 0.717) is 5.56 Å². The van der Waals surface area contributed by atoms with Gasteiger partial charge in [-0.05, 0) is 5.56 Å². The van der Waals surface area contributed by atoms with E-state index < -0.39 is 68.0 Å². The summed E-state index contributed by atoms with van der Waals surface area (Å²) in [6.07, 6.45) is -24.6. The van der Waals surface area contributed by atoms with Crippen molar-refractivity contribution in [3.05, 3.63) is 35.9 Å². The lowest BCUT2D eigenvalue weighted by atomic mass is 10.1. The number of aliphatic hydroxyl groups is 1. The molecule has 1 aromatic rings. The van der Waals surface area contributed by atoms with E-state index in [2.05, 4.69) is 4.74 Å². The molecule has 216 valence electrons. The molecule has 0 saturated carbocycles. The summed E-state index contributed by atoms with van der Waals surface area (Å²) in [6, 6.07) is 7.97. The first kappa shape index (κ1) is 33.0. The number of halogens is 15. The monoisotopic (exact) mass is 580 g/mol. The molecular weight excluding hydrogens is 565 g/mol. The summed E-state index contributed by atoms with van der Waals surface area (Å²) in [7, 11) is 0. The molecule has 1 atom stereocenters. The highest BCUT2D eigenvalue weighted by Gasteiger charge is 2.86. The van der Waals surface area contributed by atoms with E-state index >= 15 is 0 Å². The molecule has 0 aliphatic heterocycles. The molecule has 0 heterocycles. The minimum absolute atomic E-state index is 0.137. The van der Waals surface area contributed by atoms with Crippen LogP contribution < -0.4 is 0 Å². The number of ether oxygens (including phenoxy) is 3. The zero-order chi connectivity index (χ0) is 29.1. The Morgan fingerprint density at radius 2 is 1.08 bits per heavy atom. The Balaban J connectivity index is 2.83. The zero-order valence-corrected chi connectivity index (χ0v) is 17.6. The van der Waals surface area contributed by atoms with Gasteiger partial charge in [0.2, 0.25) is 0 Å². The first-order valence-electron chi connectivity index (χ1n) is 9.34. The number of alkyl halides is 15. The van der Waals surface area contributed by atoms with E-state index in [0.717, 1.165) is 0 Å². The van der Waals surface area contributed by atoms with Crippen LogP contribution in [0.2, 0.25) is 0 Å². The van der Waals surface area contributed by atoms with Gasteiger partial charge >= 0.3 is 42.1 Å². The van der Waals surface area contributed by atoms with Gasteiger partial charge in [-0.3, -0.25) is 0 Å². The van der Waals surface area contributed by atoms with Gasteiger partial charge in [-0.2, -0.15) is 65.9 Å². The number of hydrogen-bond donors (Lipinski definition) is 1. The van der Waals surface area contributed by atoms with Crippen molar-refractivity contribution in [2.75, 3.05) is 19.8 Å². The van der Waals surface area contributed by atoms with Crippen molar-refractivity contribution < 1.29 is 85.2 Å². The van der Waals surface area contributed by atoms with Gasteiger partial charge in [0.25, 0.3) is 0 Å². The second-order valence-electron chi connectivity index (χ2n) is 7.23. The van der Waals surface area contributed by atoms with Crippen LogP contribution in [0.15, 0.2) is 30.3 Å². The van der Waals surface area contributed by atoms with Gasteiger partial charge in [-0.1, -0.05) is 30.3 Å². The molecular formula is C18H15F15O4. The summed E-state index contributed by atoms with van der Waals surface area (Å²) < 4.78 is 205. The molecule has 37 heavy (non-hydrogen) atoms. The third-order valence-corrected chi connectivity index (χ3v) is 4.21. The summed E-state index contributed by atoms with van der Waals surface area (Å²) in [6.45, 7) is -4.93. The van der Waals surface area contributed by atoms with Crippen LogP contribution in [0.25, 0.3) is 0 Å². The highest BCUT2D eigenvalue weighted by atomic mass is 19.4. The summed E-state index contributed by atoms with van der Waals surface area (Å²) in [5.74, 6) is -29.3. The Morgan fingerprint density at radius 1 is 0.622 bits per heavy atom. The third kappa shape index (κ3) is 7.11. The van der Waals surface area contributed by atoms with Crippen LogP contribution in [0.3, 0.4) is 0 Å². The Labute approximate surface area is 196 Å². The molecule has 0 fully saturated rings. The van der Waals surface area contributed by atoms with Crippen molar-refractivity contribution in [3.8, 4) is 0 Å². The molecule has 0 spiro atoms. The smallest absolute Gasteiger partial charge is 0.388 e. The molecule has 0 aliphatic rings. The fourth-order valence-corrected chi connectivity index (χ4v) is 2.21. The molecule has 4 nitrogen and oxygen atoms in total.